The van der Waals surface area contributed by atoms with Crippen molar-refractivity contribution in [1.29, 1.82) is 0 Å². The molecule has 1 aliphatic heterocycles. The van der Waals surface area contributed by atoms with Crippen molar-refractivity contribution in [3.05, 3.63) is 36.2 Å². The molecule has 0 bridgehead atoms. The lowest BCUT2D eigenvalue weighted by molar-refractivity contribution is -0.141. The maximum atomic E-state index is 12.5. The zero-order chi connectivity index (χ0) is 18.2. The molecule has 0 saturated carbocycles. The number of ether oxygens (including phenoxy) is 1. The number of nitrogens with zero attached hydrogens (tertiary/aromatic N) is 2. The Morgan fingerprint density at radius 1 is 1.40 bits per heavy atom. The van der Waals surface area contributed by atoms with Gasteiger partial charge in [-0.2, -0.15) is 18.3 Å². The van der Waals surface area contributed by atoms with Crippen LogP contribution in [0.1, 0.15) is 12.6 Å². The first-order valence-electron chi connectivity index (χ1n) is 7.24. The Balaban J connectivity index is 1.66. The SMILES string of the molecule is C[C@H]1Oc2ccc(NC(=O)Cn3ccc(C(F)(F)F)n3)cc2NC1=O. The number of hydrogen-bond acceptors (Lipinski definition) is 4. The molecule has 2 heterocycles. The fourth-order valence-corrected chi connectivity index (χ4v) is 2.24. The minimum atomic E-state index is -4.56. The van der Waals surface area contributed by atoms with Gasteiger partial charge in [-0.25, -0.2) is 0 Å². The highest BCUT2D eigenvalue weighted by Gasteiger charge is 2.33. The number of benzene rings is 1. The minimum Gasteiger partial charge on any atom is -0.479 e. The molecule has 0 aliphatic carbocycles. The van der Waals surface area contributed by atoms with Crippen molar-refractivity contribution in [3.63, 3.8) is 0 Å². The van der Waals surface area contributed by atoms with Gasteiger partial charge in [-0.05, 0) is 31.2 Å². The molecule has 1 aromatic heterocycles. The summed E-state index contributed by atoms with van der Waals surface area (Å²) in [5.74, 6) is -0.410. The first-order chi connectivity index (χ1) is 11.7. The zero-order valence-corrected chi connectivity index (χ0v) is 12.9. The Kier molecular flexibility index (Phi) is 4.11. The van der Waals surface area contributed by atoms with E-state index in [0.29, 0.717) is 17.1 Å². The first kappa shape index (κ1) is 16.8. The van der Waals surface area contributed by atoms with Crippen LogP contribution in [0.25, 0.3) is 0 Å². The van der Waals surface area contributed by atoms with E-state index in [0.717, 1.165) is 16.9 Å². The van der Waals surface area contributed by atoms with Gasteiger partial charge in [-0.3, -0.25) is 14.3 Å². The van der Waals surface area contributed by atoms with Crippen molar-refractivity contribution in [2.24, 2.45) is 0 Å². The van der Waals surface area contributed by atoms with Gasteiger partial charge in [-0.1, -0.05) is 0 Å². The smallest absolute Gasteiger partial charge is 0.435 e. The highest BCUT2D eigenvalue weighted by atomic mass is 19.4. The number of carbonyl (C=O) groups is 2. The highest BCUT2D eigenvalue weighted by molar-refractivity contribution is 5.99. The van der Waals surface area contributed by atoms with Crippen LogP contribution in [-0.2, 0) is 22.3 Å². The van der Waals surface area contributed by atoms with Crippen LogP contribution in [0, 0.1) is 0 Å². The monoisotopic (exact) mass is 354 g/mol. The molecule has 10 heteroatoms. The second-order valence-corrected chi connectivity index (χ2v) is 5.40. The van der Waals surface area contributed by atoms with Gasteiger partial charge in [0, 0.05) is 11.9 Å². The van der Waals surface area contributed by atoms with Crippen LogP contribution in [0.5, 0.6) is 5.75 Å². The van der Waals surface area contributed by atoms with Gasteiger partial charge < -0.3 is 15.4 Å². The second-order valence-electron chi connectivity index (χ2n) is 5.40. The third kappa shape index (κ3) is 3.73. The van der Waals surface area contributed by atoms with E-state index in [4.69, 9.17) is 4.74 Å². The molecule has 132 valence electrons. The van der Waals surface area contributed by atoms with Gasteiger partial charge in [0.1, 0.15) is 12.3 Å². The van der Waals surface area contributed by atoms with Crippen LogP contribution in [0.15, 0.2) is 30.5 Å². The Labute approximate surface area is 139 Å². The fourth-order valence-electron chi connectivity index (χ4n) is 2.24. The molecule has 7 nitrogen and oxygen atoms in total. The maximum Gasteiger partial charge on any atom is 0.435 e. The van der Waals surface area contributed by atoms with Crippen LogP contribution in [0.4, 0.5) is 24.5 Å². The number of alkyl halides is 3. The van der Waals surface area contributed by atoms with Crippen LogP contribution in [-0.4, -0.2) is 27.7 Å². The van der Waals surface area contributed by atoms with E-state index < -0.39 is 23.9 Å². The van der Waals surface area contributed by atoms with Crippen molar-refractivity contribution in [1.82, 2.24) is 9.78 Å². The molecule has 2 aromatic rings. The van der Waals surface area contributed by atoms with Gasteiger partial charge in [0.25, 0.3) is 5.91 Å². The molecule has 25 heavy (non-hydrogen) atoms. The summed E-state index contributed by atoms with van der Waals surface area (Å²) in [6.45, 7) is 1.22. The Morgan fingerprint density at radius 2 is 2.16 bits per heavy atom. The molecule has 0 saturated heterocycles. The topological polar surface area (TPSA) is 85.2 Å². The van der Waals surface area contributed by atoms with Gasteiger partial charge in [0.15, 0.2) is 11.8 Å². The van der Waals surface area contributed by atoms with Gasteiger partial charge >= 0.3 is 6.18 Å². The molecule has 0 fully saturated rings. The lowest BCUT2D eigenvalue weighted by atomic mass is 10.2. The quantitative estimate of drug-likeness (QED) is 0.885. The van der Waals surface area contributed by atoms with E-state index in [1.165, 1.54) is 6.07 Å². The number of hydrogen-bond donors (Lipinski definition) is 2. The van der Waals surface area contributed by atoms with Crippen LogP contribution >= 0.6 is 0 Å². The average Bonchev–Trinajstić information content (AvgIpc) is 2.97. The summed E-state index contributed by atoms with van der Waals surface area (Å²) in [6, 6.07) is 5.43. The second kappa shape index (κ2) is 6.11. The summed E-state index contributed by atoms with van der Waals surface area (Å²) in [7, 11) is 0. The molecule has 0 unspecified atom stereocenters. The summed E-state index contributed by atoms with van der Waals surface area (Å²) in [5.41, 5.74) is -0.298. The molecule has 3 rings (SSSR count). The summed E-state index contributed by atoms with van der Waals surface area (Å²) < 4.78 is 43.7. The number of amides is 2. The third-order valence-corrected chi connectivity index (χ3v) is 3.43. The average molecular weight is 354 g/mol. The Morgan fingerprint density at radius 3 is 2.84 bits per heavy atom. The zero-order valence-electron chi connectivity index (χ0n) is 12.9. The molecule has 1 aliphatic rings. The molecular weight excluding hydrogens is 341 g/mol. The number of halogens is 3. The Hall–Kier alpha value is -3.04. The molecule has 0 radical (unpaired) electrons. The summed E-state index contributed by atoms with van der Waals surface area (Å²) >= 11 is 0. The van der Waals surface area contributed by atoms with Crippen molar-refractivity contribution < 1.29 is 27.5 Å². The third-order valence-electron chi connectivity index (χ3n) is 3.43. The van der Waals surface area contributed by atoms with Crippen molar-refractivity contribution in [2.75, 3.05) is 10.6 Å². The minimum absolute atomic E-state index is 0.313. The number of carbonyl (C=O) groups excluding carboxylic acids is 2. The first-order valence-corrected chi connectivity index (χ1v) is 7.24. The molecule has 2 N–H and O–H groups in total. The standard InChI is InChI=1S/C15H13F3N4O3/c1-8-14(24)20-10-6-9(2-3-11(10)25-8)19-13(23)7-22-5-4-12(21-22)15(16,17)18/h2-6,8H,7H2,1H3,(H,19,23)(H,20,24)/t8-/m1/s1. The number of anilines is 2. The van der Waals surface area contributed by atoms with Crippen LogP contribution < -0.4 is 15.4 Å². The lowest BCUT2D eigenvalue weighted by Crippen LogP contribution is -2.34. The Bertz CT molecular complexity index is 832. The van der Waals surface area contributed by atoms with Crippen molar-refractivity contribution >= 4 is 23.2 Å². The molecule has 0 spiro atoms. The number of fused-ring (bicyclic) bond motifs is 1. The summed E-state index contributed by atoms with van der Waals surface area (Å²) in [6.07, 6.45) is -4.10. The summed E-state index contributed by atoms with van der Waals surface area (Å²) in [5, 5.41) is 8.47. The van der Waals surface area contributed by atoms with E-state index in [2.05, 4.69) is 15.7 Å². The predicted octanol–water partition coefficient (Wildman–Crippen LogP) is 2.26. The summed E-state index contributed by atoms with van der Waals surface area (Å²) in [4.78, 5) is 23.5. The van der Waals surface area contributed by atoms with E-state index in [1.807, 2.05) is 0 Å². The van der Waals surface area contributed by atoms with E-state index in [9.17, 15) is 22.8 Å². The number of rotatable bonds is 3. The predicted molar refractivity (Wildman–Crippen MR) is 81.0 cm³/mol. The normalized spacial score (nSPS) is 16.6. The van der Waals surface area contributed by atoms with Crippen LogP contribution in [0.2, 0.25) is 0 Å². The van der Waals surface area contributed by atoms with Crippen molar-refractivity contribution in [2.45, 2.75) is 25.7 Å². The fraction of sp³-hybridized carbons (Fsp3) is 0.267. The van der Waals surface area contributed by atoms with Crippen LogP contribution in [0.3, 0.4) is 0 Å². The van der Waals surface area contributed by atoms with E-state index in [1.54, 1.807) is 19.1 Å². The highest BCUT2D eigenvalue weighted by Crippen LogP contribution is 2.32. The molecule has 2 amide bonds. The molecular formula is C15H13F3N4O3. The van der Waals surface area contributed by atoms with Gasteiger partial charge in [-0.15, -0.1) is 0 Å². The number of nitrogens with one attached hydrogen (secondary N) is 2. The van der Waals surface area contributed by atoms with Gasteiger partial charge in [0.05, 0.1) is 5.69 Å². The van der Waals surface area contributed by atoms with Crippen molar-refractivity contribution in [3.8, 4) is 5.75 Å². The lowest BCUT2D eigenvalue weighted by Gasteiger charge is -2.23. The van der Waals surface area contributed by atoms with E-state index >= 15 is 0 Å². The van der Waals surface area contributed by atoms with Gasteiger partial charge in [0.2, 0.25) is 5.91 Å². The largest absolute Gasteiger partial charge is 0.479 e. The molecule has 1 atom stereocenters. The van der Waals surface area contributed by atoms with E-state index in [-0.39, 0.29) is 12.5 Å². The molecule has 1 aromatic carbocycles. The maximum absolute atomic E-state index is 12.5. The number of aromatic nitrogens is 2.